The molecule has 3 aliphatic rings. The number of carbonyl (C=O) groups excluding carboxylic acids is 1. The zero-order valence-corrected chi connectivity index (χ0v) is 14.2. The minimum absolute atomic E-state index is 0.111. The van der Waals surface area contributed by atoms with E-state index in [4.69, 9.17) is 4.52 Å². The highest BCUT2D eigenvalue weighted by Gasteiger charge is 2.45. The van der Waals surface area contributed by atoms with Gasteiger partial charge >= 0.3 is 0 Å². The van der Waals surface area contributed by atoms with Gasteiger partial charge in [0.1, 0.15) is 5.69 Å². The fraction of sp³-hybridized carbons (Fsp3) is 0.647. The fourth-order valence-electron chi connectivity index (χ4n) is 3.50. The Bertz CT molecular complexity index is 835. The quantitative estimate of drug-likeness (QED) is 0.898. The highest BCUT2D eigenvalue weighted by atomic mass is 16.5. The second-order valence-corrected chi connectivity index (χ2v) is 7.59. The lowest BCUT2D eigenvalue weighted by molar-refractivity contribution is 0.0135. The molecule has 1 N–H and O–H groups in total. The lowest BCUT2D eigenvalue weighted by Gasteiger charge is -2.19. The topological polar surface area (TPSA) is 97.3 Å². The third-order valence-corrected chi connectivity index (χ3v) is 5.43. The summed E-state index contributed by atoms with van der Waals surface area (Å²) in [5, 5.41) is 19.3. The molecule has 3 heterocycles. The van der Waals surface area contributed by atoms with Gasteiger partial charge in [0.15, 0.2) is 11.4 Å². The number of hydrogen-bond donors (Lipinski definition) is 1. The van der Waals surface area contributed by atoms with E-state index in [2.05, 4.69) is 15.2 Å². The zero-order chi connectivity index (χ0) is 17.2. The highest BCUT2D eigenvalue weighted by Crippen LogP contribution is 2.41. The van der Waals surface area contributed by atoms with Crippen LogP contribution in [0.4, 0.5) is 0 Å². The van der Waals surface area contributed by atoms with E-state index in [1.54, 1.807) is 16.6 Å². The van der Waals surface area contributed by atoms with E-state index >= 15 is 0 Å². The van der Waals surface area contributed by atoms with Crippen molar-refractivity contribution in [2.24, 2.45) is 7.05 Å². The van der Waals surface area contributed by atoms with E-state index in [1.165, 1.54) is 0 Å². The standard InChI is InChI=1S/C17H21N5O3/c1-21-13(8-12(19-21)10-2-3-10)15(23)22-7-6-17(24,9-22)16-18-14(20-25-16)11-4-5-11/h8,10-11,24H,2-7,9H2,1H3. The van der Waals surface area contributed by atoms with Gasteiger partial charge in [0.25, 0.3) is 11.8 Å². The van der Waals surface area contributed by atoms with Gasteiger partial charge in [-0.25, -0.2) is 0 Å². The van der Waals surface area contributed by atoms with Crippen LogP contribution in [0.5, 0.6) is 0 Å². The second-order valence-electron chi connectivity index (χ2n) is 7.59. The van der Waals surface area contributed by atoms with Gasteiger partial charge in [-0.3, -0.25) is 9.48 Å². The highest BCUT2D eigenvalue weighted by molar-refractivity contribution is 5.93. The molecular weight excluding hydrogens is 322 g/mol. The molecule has 25 heavy (non-hydrogen) atoms. The molecule has 1 unspecified atom stereocenters. The molecule has 0 bridgehead atoms. The first-order chi connectivity index (χ1) is 12.0. The third kappa shape index (κ3) is 2.55. The van der Waals surface area contributed by atoms with Crippen LogP contribution in [0.2, 0.25) is 0 Å². The fourth-order valence-corrected chi connectivity index (χ4v) is 3.50. The van der Waals surface area contributed by atoms with Crippen LogP contribution < -0.4 is 0 Å². The Hall–Kier alpha value is -2.22. The van der Waals surface area contributed by atoms with Crippen LogP contribution in [0.3, 0.4) is 0 Å². The molecule has 0 spiro atoms. The Morgan fingerprint density at radius 3 is 2.80 bits per heavy atom. The number of hydrogen-bond acceptors (Lipinski definition) is 6. The van der Waals surface area contributed by atoms with Crippen molar-refractivity contribution in [1.82, 2.24) is 24.8 Å². The smallest absolute Gasteiger partial charge is 0.272 e. The molecule has 0 aromatic carbocycles. The normalized spacial score (nSPS) is 26.4. The first kappa shape index (κ1) is 15.1. The van der Waals surface area contributed by atoms with Crippen molar-refractivity contribution in [3.63, 3.8) is 0 Å². The number of rotatable bonds is 4. The van der Waals surface area contributed by atoms with E-state index in [0.717, 1.165) is 31.4 Å². The Morgan fingerprint density at radius 1 is 1.32 bits per heavy atom. The average molecular weight is 343 g/mol. The molecule has 3 fully saturated rings. The van der Waals surface area contributed by atoms with E-state index in [1.807, 2.05) is 6.07 Å². The molecule has 1 saturated heterocycles. The molecule has 1 atom stereocenters. The molecule has 132 valence electrons. The maximum absolute atomic E-state index is 12.9. The summed E-state index contributed by atoms with van der Waals surface area (Å²) in [5.41, 5.74) is 0.301. The summed E-state index contributed by atoms with van der Waals surface area (Å²) in [6, 6.07) is 1.88. The van der Waals surface area contributed by atoms with Crippen molar-refractivity contribution >= 4 is 5.91 Å². The average Bonchev–Trinajstić information content (AvgIpc) is 3.50. The number of carbonyl (C=O) groups is 1. The van der Waals surface area contributed by atoms with Crippen molar-refractivity contribution in [2.45, 2.75) is 49.5 Å². The van der Waals surface area contributed by atoms with Crippen LogP contribution in [-0.4, -0.2) is 48.9 Å². The van der Waals surface area contributed by atoms with Gasteiger partial charge in [-0.05, 0) is 31.7 Å². The Labute approximate surface area is 144 Å². The SMILES string of the molecule is Cn1nc(C2CC2)cc1C(=O)N1CCC(O)(c2nc(C3CC3)no2)C1. The maximum atomic E-state index is 12.9. The summed E-state index contributed by atoms with van der Waals surface area (Å²) in [5.74, 6) is 1.67. The number of aliphatic hydroxyl groups is 1. The van der Waals surface area contributed by atoms with Crippen molar-refractivity contribution < 1.29 is 14.4 Å². The number of likely N-dealkylation sites (tertiary alicyclic amines) is 1. The molecule has 5 rings (SSSR count). The summed E-state index contributed by atoms with van der Waals surface area (Å²) in [4.78, 5) is 18.9. The Morgan fingerprint density at radius 2 is 2.08 bits per heavy atom. The van der Waals surface area contributed by atoms with Crippen LogP contribution in [0.25, 0.3) is 0 Å². The maximum Gasteiger partial charge on any atom is 0.272 e. The van der Waals surface area contributed by atoms with Crippen LogP contribution >= 0.6 is 0 Å². The first-order valence-corrected chi connectivity index (χ1v) is 8.93. The van der Waals surface area contributed by atoms with Gasteiger partial charge in [0.05, 0.1) is 12.2 Å². The van der Waals surface area contributed by atoms with E-state index in [0.29, 0.717) is 36.3 Å². The van der Waals surface area contributed by atoms with Crippen LogP contribution in [0.15, 0.2) is 10.6 Å². The monoisotopic (exact) mass is 343 g/mol. The lowest BCUT2D eigenvalue weighted by Crippen LogP contribution is -2.35. The van der Waals surface area contributed by atoms with Gasteiger partial charge in [-0.1, -0.05) is 5.16 Å². The van der Waals surface area contributed by atoms with E-state index in [9.17, 15) is 9.90 Å². The number of aryl methyl sites for hydroxylation is 1. The molecule has 2 aliphatic carbocycles. The summed E-state index contributed by atoms with van der Waals surface area (Å²) in [6.45, 7) is 0.627. The van der Waals surface area contributed by atoms with Crippen molar-refractivity contribution in [2.75, 3.05) is 13.1 Å². The van der Waals surface area contributed by atoms with Crippen LogP contribution in [-0.2, 0) is 12.6 Å². The predicted molar refractivity (Wildman–Crippen MR) is 85.9 cm³/mol. The summed E-state index contributed by atoms with van der Waals surface area (Å²) >= 11 is 0. The van der Waals surface area contributed by atoms with Crippen molar-refractivity contribution in [3.05, 3.63) is 29.2 Å². The number of aromatic nitrogens is 4. The Balaban J connectivity index is 1.34. The summed E-state index contributed by atoms with van der Waals surface area (Å²) in [6.07, 6.45) is 4.85. The number of β-amino-alcohol motifs (C(OH)–C–C–N with tert-alkyl or cyclic N) is 1. The molecule has 2 aromatic heterocycles. The molecule has 8 heteroatoms. The zero-order valence-electron chi connectivity index (χ0n) is 14.2. The van der Waals surface area contributed by atoms with Crippen LogP contribution in [0.1, 0.15) is 71.8 Å². The van der Waals surface area contributed by atoms with E-state index < -0.39 is 5.60 Å². The molecule has 2 aromatic rings. The molecule has 0 radical (unpaired) electrons. The largest absolute Gasteiger partial charge is 0.378 e. The molecule has 8 nitrogen and oxygen atoms in total. The minimum Gasteiger partial charge on any atom is -0.378 e. The van der Waals surface area contributed by atoms with Crippen LogP contribution in [0, 0.1) is 0 Å². The molecule has 1 amide bonds. The summed E-state index contributed by atoms with van der Waals surface area (Å²) in [7, 11) is 1.79. The first-order valence-electron chi connectivity index (χ1n) is 8.93. The van der Waals surface area contributed by atoms with Gasteiger partial charge < -0.3 is 14.5 Å². The molecular formula is C17H21N5O3. The lowest BCUT2D eigenvalue weighted by atomic mass is 10.0. The summed E-state index contributed by atoms with van der Waals surface area (Å²) < 4.78 is 6.93. The van der Waals surface area contributed by atoms with Gasteiger partial charge in [-0.15, -0.1) is 0 Å². The molecule has 2 saturated carbocycles. The Kier molecular flexibility index (Phi) is 3.10. The van der Waals surface area contributed by atoms with Gasteiger partial charge in [0, 0.05) is 31.8 Å². The minimum atomic E-state index is -1.26. The second kappa shape index (κ2) is 5.14. The predicted octanol–water partition coefficient (Wildman–Crippen LogP) is 1.29. The van der Waals surface area contributed by atoms with Crippen molar-refractivity contribution in [1.29, 1.82) is 0 Å². The van der Waals surface area contributed by atoms with Gasteiger partial charge in [0.2, 0.25) is 0 Å². The third-order valence-electron chi connectivity index (χ3n) is 5.43. The van der Waals surface area contributed by atoms with E-state index in [-0.39, 0.29) is 18.3 Å². The number of amides is 1. The van der Waals surface area contributed by atoms with Crippen molar-refractivity contribution in [3.8, 4) is 0 Å². The van der Waals surface area contributed by atoms with Gasteiger partial charge in [-0.2, -0.15) is 10.1 Å². The molecule has 1 aliphatic heterocycles. The number of nitrogens with zero attached hydrogens (tertiary/aromatic N) is 5.